The molecule has 0 saturated heterocycles. The number of halogens is 1. The zero-order chi connectivity index (χ0) is 17.8. The zero-order valence-corrected chi connectivity index (χ0v) is 13.6. The largest absolute Gasteiger partial charge is 0.494 e. The van der Waals surface area contributed by atoms with Crippen LogP contribution in [0.5, 0.6) is 5.75 Å². The molecule has 0 amide bonds. The molecule has 2 aromatic heterocycles. The second-order valence-electron chi connectivity index (χ2n) is 5.14. The van der Waals surface area contributed by atoms with E-state index in [4.69, 9.17) is 10.1 Å². The number of methoxy groups -OCH3 is 1. The third-order valence-corrected chi connectivity index (χ3v) is 3.35. The molecule has 0 spiro atoms. The number of nitrogens with one attached hydrogen (secondary N) is 3. The third-order valence-electron chi connectivity index (χ3n) is 3.35. The van der Waals surface area contributed by atoms with Gasteiger partial charge in [-0.2, -0.15) is 10.1 Å². The fraction of sp³-hybridized carbons (Fsp3) is 0.125. The Labute approximate surface area is 143 Å². The molecule has 3 rings (SSSR count). The second-order valence-corrected chi connectivity index (χ2v) is 5.14. The highest BCUT2D eigenvalue weighted by molar-refractivity contribution is 5.85. The van der Waals surface area contributed by atoms with Crippen LogP contribution >= 0.6 is 0 Å². The molecule has 0 aliphatic heterocycles. The lowest BCUT2D eigenvalue weighted by Gasteiger charge is -2.11. The van der Waals surface area contributed by atoms with E-state index in [-0.39, 0.29) is 5.75 Å². The van der Waals surface area contributed by atoms with Crippen molar-refractivity contribution in [2.45, 2.75) is 0 Å². The molecule has 2 heterocycles. The predicted molar refractivity (Wildman–Crippen MR) is 92.6 cm³/mol. The van der Waals surface area contributed by atoms with Crippen LogP contribution in [0.25, 0.3) is 0 Å². The van der Waals surface area contributed by atoms with Gasteiger partial charge >= 0.3 is 0 Å². The normalized spacial score (nSPS) is 10.4. The molecule has 0 saturated carbocycles. The summed E-state index contributed by atoms with van der Waals surface area (Å²) >= 11 is 0. The van der Waals surface area contributed by atoms with E-state index in [1.165, 1.54) is 25.4 Å². The number of anilines is 4. The number of ether oxygens (including phenoxy) is 1. The first-order chi connectivity index (χ1) is 12.1. The number of benzene rings is 1. The highest BCUT2D eigenvalue weighted by Gasteiger charge is 2.09. The molecule has 3 N–H and O–H groups in total. The van der Waals surface area contributed by atoms with E-state index in [1.54, 1.807) is 30.2 Å². The summed E-state index contributed by atoms with van der Waals surface area (Å²) in [5.41, 5.74) is 1.80. The van der Waals surface area contributed by atoms with Crippen LogP contribution in [0, 0.1) is 11.2 Å². The SMILES string of the molecule is COc1cc(Nc2nc(Nc3cnn(C)c3)ncc2C=N)ccc1F. The molecule has 25 heavy (non-hydrogen) atoms. The van der Waals surface area contributed by atoms with Crippen LogP contribution in [0.3, 0.4) is 0 Å². The molecule has 0 bridgehead atoms. The average molecular weight is 341 g/mol. The molecule has 0 aliphatic carbocycles. The van der Waals surface area contributed by atoms with Gasteiger partial charge in [-0.1, -0.05) is 0 Å². The van der Waals surface area contributed by atoms with Gasteiger partial charge in [-0.25, -0.2) is 9.37 Å². The minimum atomic E-state index is -0.457. The van der Waals surface area contributed by atoms with Gasteiger partial charge in [0, 0.05) is 37.4 Å². The van der Waals surface area contributed by atoms with Gasteiger partial charge in [0.1, 0.15) is 5.82 Å². The highest BCUT2D eigenvalue weighted by atomic mass is 19.1. The molecular formula is C16H16FN7O. The van der Waals surface area contributed by atoms with Crippen LogP contribution in [0.15, 0.2) is 36.8 Å². The summed E-state index contributed by atoms with van der Waals surface area (Å²) in [5, 5.41) is 17.6. The highest BCUT2D eigenvalue weighted by Crippen LogP contribution is 2.25. The number of rotatable bonds is 6. The lowest BCUT2D eigenvalue weighted by Crippen LogP contribution is -2.04. The van der Waals surface area contributed by atoms with Crippen molar-refractivity contribution in [3.05, 3.63) is 48.2 Å². The van der Waals surface area contributed by atoms with Gasteiger partial charge in [0.15, 0.2) is 11.6 Å². The molecule has 128 valence electrons. The Morgan fingerprint density at radius 2 is 2.08 bits per heavy atom. The number of nitrogens with zero attached hydrogens (tertiary/aromatic N) is 4. The molecule has 0 fully saturated rings. The topological polar surface area (TPSA) is 101 Å². The zero-order valence-electron chi connectivity index (χ0n) is 13.6. The van der Waals surface area contributed by atoms with Gasteiger partial charge in [-0.05, 0) is 12.1 Å². The van der Waals surface area contributed by atoms with E-state index in [0.717, 1.165) is 11.9 Å². The van der Waals surface area contributed by atoms with Crippen molar-refractivity contribution >= 4 is 29.4 Å². The smallest absolute Gasteiger partial charge is 0.229 e. The Kier molecular flexibility index (Phi) is 4.55. The first-order valence-electron chi connectivity index (χ1n) is 7.33. The summed E-state index contributed by atoms with van der Waals surface area (Å²) in [4.78, 5) is 8.53. The first-order valence-corrected chi connectivity index (χ1v) is 7.33. The minimum Gasteiger partial charge on any atom is -0.494 e. The molecule has 0 aliphatic rings. The van der Waals surface area contributed by atoms with E-state index >= 15 is 0 Å². The molecule has 0 unspecified atom stereocenters. The molecule has 3 aromatic rings. The van der Waals surface area contributed by atoms with Crippen molar-refractivity contribution in [2.75, 3.05) is 17.7 Å². The number of hydrogen-bond donors (Lipinski definition) is 3. The van der Waals surface area contributed by atoms with Crippen LogP contribution in [0.1, 0.15) is 5.56 Å². The Morgan fingerprint density at radius 1 is 1.24 bits per heavy atom. The van der Waals surface area contributed by atoms with Gasteiger partial charge in [0.2, 0.25) is 5.95 Å². The molecule has 1 aromatic carbocycles. The summed E-state index contributed by atoms with van der Waals surface area (Å²) in [5.74, 6) is 0.409. The Bertz CT molecular complexity index is 909. The van der Waals surface area contributed by atoms with Gasteiger partial charge in [0.05, 0.1) is 24.6 Å². The monoisotopic (exact) mass is 341 g/mol. The van der Waals surface area contributed by atoms with E-state index in [1.807, 2.05) is 0 Å². The number of hydrogen-bond acceptors (Lipinski definition) is 7. The van der Waals surface area contributed by atoms with E-state index in [9.17, 15) is 4.39 Å². The maximum absolute atomic E-state index is 13.5. The minimum absolute atomic E-state index is 0.115. The van der Waals surface area contributed by atoms with Crippen LogP contribution in [-0.4, -0.2) is 33.1 Å². The second kappa shape index (κ2) is 6.95. The van der Waals surface area contributed by atoms with Crippen molar-refractivity contribution in [2.24, 2.45) is 7.05 Å². The van der Waals surface area contributed by atoms with E-state index in [0.29, 0.717) is 23.0 Å². The van der Waals surface area contributed by atoms with Crippen molar-refractivity contribution in [3.8, 4) is 5.75 Å². The molecule has 8 nitrogen and oxygen atoms in total. The number of aromatic nitrogens is 4. The fourth-order valence-electron chi connectivity index (χ4n) is 2.15. The van der Waals surface area contributed by atoms with Crippen LogP contribution in [-0.2, 0) is 7.05 Å². The molecule has 9 heteroatoms. The Morgan fingerprint density at radius 3 is 2.76 bits per heavy atom. The third kappa shape index (κ3) is 3.71. The quantitative estimate of drug-likeness (QED) is 0.596. The Hall–Kier alpha value is -3.49. The maximum Gasteiger partial charge on any atom is 0.229 e. The van der Waals surface area contributed by atoms with Crippen molar-refractivity contribution in [1.82, 2.24) is 19.7 Å². The number of aryl methyl sites for hydroxylation is 1. The predicted octanol–water partition coefficient (Wildman–Crippen LogP) is 2.84. The van der Waals surface area contributed by atoms with Crippen molar-refractivity contribution in [1.29, 1.82) is 5.41 Å². The maximum atomic E-state index is 13.5. The first kappa shape index (κ1) is 16.4. The van der Waals surface area contributed by atoms with E-state index < -0.39 is 5.82 Å². The van der Waals surface area contributed by atoms with Crippen LogP contribution in [0.4, 0.5) is 27.5 Å². The van der Waals surface area contributed by atoms with Crippen LogP contribution in [0.2, 0.25) is 0 Å². The lowest BCUT2D eigenvalue weighted by atomic mass is 10.2. The van der Waals surface area contributed by atoms with Gasteiger partial charge < -0.3 is 20.8 Å². The van der Waals surface area contributed by atoms with Gasteiger partial charge in [-0.15, -0.1) is 0 Å². The van der Waals surface area contributed by atoms with Crippen molar-refractivity contribution < 1.29 is 9.13 Å². The summed E-state index contributed by atoms with van der Waals surface area (Å²) in [7, 11) is 3.20. The molecule has 0 atom stereocenters. The summed E-state index contributed by atoms with van der Waals surface area (Å²) in [6, 6.07) is 4.36. The van der Waals surface area contributed by atoms with Gasteiger partial charge in [0.25, 0.3) is 0 Å². The summed E-state index contributed by atoms with van der Waals surface area (Å²) in [6.07, 6.45) is 6.08. The molecular weight excluding hydrogens is 325 g/mol. The molecule has 0 radical (unpaired) electrons. The summed E-state index contributed by atoms with van der Waals surface area (Å²) in [6.45, 7) is 0. The standard InChI is InChI=1S/C16H16FN7O/c1-24-9-12(8-20-24)22-16-19-7-10(6-18)15(23-16)21-11-3-4-13(17)14(5-11)25-2/h3-9,18H,1-2H3,(H2,19,21,22,23). The fourth-order valence-corrected chi connectivity index (χ4v) is 2.15. The Balaban J connectivity index is 1.88. The van der Waals surface area contributed by atoms with Crippen LogP contribution < -0.4 is 15.4 Å². The average Bonchev–Trinajstić information content (AvgIpc) is 3.01. The lowest BCUT2D eigenvalue weighted by molar-refractivity contribution is 0.387. The summed E-state index contributed by atoms with van der Waals surface area (Å²) < 4.78 is 20.2. The van der Waals surface area contributed by atoms with E-state index in [2.05, 4.69) is 25.7 Å². The van der Waals surface area contributed by atoms with Crippen molar-refractivity contribution in [3.63, 3.8) is 0 Å². The van der Waals surface area contributed by atoms with Gasteiger partial charge in [-0.3, -0.25) is 4.68 Å².